The van der Waals surface area contributed by atoms with E-state index in [0.29, 0.717) is 42.8 Å². The van der Waals surface area contributed by atoms with Gasteiger partial charge in [0.25, 0.3) is 5.89 Å². The number of nitrogens with zero attached hydrogens (tertiary/aromatic N) is 4. The van der Waals surface area contributed by atoms with Gasteiger partial charge in [-0.3, -0.25) is 9.59 Å². The van der Waals surface area contributed by atoms with Crippen LogP contribution in [-0.4, -0.2) is 52.2 Å². The second-order valence-electron chi connectivity index (χ2n) is 8.18. The van der Waals surface area contributed by atoms with Crippen LogP contribution in [0.15, 0.2) is 41.1 Å². The van der Waals surface area contributed by atoms with Crippen LogP contribution in [0.25, 0.3) is 11.4 Å². The first-order chi connectivity index (χ1) is 16.4. The molecule has 9 nitrogen and oxygen atoms in total. The fraction of sp³-hybridized carbons (Fsp3) is 0.375. The highest BCUT2D eigenvalue weighted by Gasteiger charge is 2.22. The number of unbranched alkanes of at least 4 members (excludes halogenated alkanes) is 2. The van der Waals surface area contributed by atoms with Gasteiger partial charge in [0.15, 0.2) is 5.69 Å². The Kier molecular flexibility index (Phi) is 8.65. The van der Waals surface area contributed by atoms with Gasteiger partial charge in [0.1, 0.15) is 24.0 Å². The minimum absolute atomic E-state index is 0.110. The van der Waals surface area contributed by atoms with Crippen molar-refractivity contribution in [1.29, 1.82) is 5.26 Å². The molecule has 2 aromatic heterocycles. The number of benzene rings is 1. The topological polar surface area (TPSA) is 128 Å². The Hall–Kier alpha value is -3.84. The molecule has 0 radical (unpaired) electrons. The SMILES string of the molecule is CN(C)CC(=O)N[C@@H](CCCCCC(=O)c1ncco1)c1[nH]c(-c2ccc(F)cc2)nc1C#N. The summed E-state index contributed by atoms with van der Waals surface area (Å²) in [6.07, 6.45) is 5.77. The Morgan fingerprint density at radius 1 is 1.24 bits per heavy atom. The molecule has 3 aromatic rings. The number of carbonyl (C=O) groups is 2. The number of hydrogen-bond acceptors (Lipinski definition) is 7. The minimum atomic E-state index is -0.466. The lowest BCUT2D eigenvalue weighted by molar-refractivity contribution is -0.122. The van der Waals surface area contributed by atoms with Gasteiger partial charge in [0, 0.05) is 12.0 Å². The third-order valence-corrected chi connectivity index (χ3v) is 5.17. The van der Waals surface area contributed by atoms with Gasteiger partial charge in [0.05, 0.1) is 24.5 Å². The summed E-state index contributed by atoms with van der Waals surface area (Å²) >= 11 is 0. The summed E-state index contributed by atoms with van der Waals surface area (Å²) < 4.78 is 18.3. The van der Waals surface area contributed by atoms with Gasteiger partial charge in [-0.05, 0) is 51.2 Å². The normalized spacial score (nSPS) is 11.9. The number of carbonyl (C=O) groups excluding carboxylic acids is 2. The third-order valence-electron chi connectivity index (χ3n) is 5.17. The summed E-state index contributed by atoms with van der Waals surface area (Å²) in [7, 11) is 3.59. The minimum Gasteiger partial charge on any atom is -0.442 e. The van der Waals surface area contributed by atoms with E-state index in [9.17, 15) is 19.2 Å². The number of likely N-dealkylation sites (N-methyl/N-ethyl adjacent to an activating group) is 1. The van der Waals surface area contributed by atoms with E-state index in [0.717, 1.165) is 6.42 Å². The van der Waals surface area contributed by atoms with Crippen LogP contribution < -0.4 is 5.32 Å². The molecule has 0 saturated heterocycles. The molecule has 3 rings (SSSR count). The number of ketones is 1. The van der Waals surface area contributed by atoms with Gasteiger partial charge in [-0.1, -0.05) is 12.8 Å². The molecule has 0 aliphatic rings. The highest BCUT2D eigenvalue weighted by Crippen LogP contribution is 2.26. The number of imidazole rings is 1. The molecule has 0 aliphatic carbocycles. The quantitative estimate of drug-likeness (QED) is 0.308. The van der Waals surface area contributed by atoms with Crippen LogP contribution in [-0.2, 0) is 4.79 Å². The number of aromatic amines is 1. The van der Waals surface area contributed by atoms with E-state index in [-0.39, 0.29) is 35.6 Å². The number of halogens is 1. The predicted octanol–water partition coefficient (Wildman–Crippen LogP) is 3.63. The van der Waals surface area contributed by atoms with Crippen LogP contribution in [0.4, 0.5) is 4.39 Å². The van der Waals surface area contributed by atoms with Crippen molar-refractivity contribution in [3.63, 3.8) is 0 Å². The fourth-order valence-electron chi connectivity index (χ4n) is 3.56. The number of Topliss-reactive ketones (excluding diaryl/α,β-unsaturated/α-hetero) is 1. The summed E-state index contributed by atoms with van der Waals surface area (Å²) in [5.41, 5.74) is 1.31. The molecule has 0 aliphatic heterocycles. The highest BCUT2D eigenvalue weighted by molar-refractivity contribution is 5.91. The van der Waals surface area contributed by atoms with E-state index in [4.69, 9.17) is 4.42 Å². The highest BCUT2D eigenvalue weighted by atomic mass is 19.1. The molecule has 1 aromatic carbocycles. The third kappa shape index (κ3) is 6.83. The monoisotopic (exact) mass is 466 g/mol. The van der Waals surface area contributed by atoms with Crippen LogP contribution in [0.1, 0.15) is 60.2 Å². The molecule has 1 amide bonds. The van der Waals surface area contributed by atoms with Crippen LogP contribution in [0, 0.1) is 17.1 Å². The molecule has 10 heteroatoms. The molecule has 2 heterocycles. The lowest BCUT2D eigenvalue weighted by atomic mass is 10.0. The number of hydrogen-bond donors (Lipinski definition) is 2. The van der Waals surface area contributed by atoms with Crippen LogP contribution >= 0.6 is 0 Å². The maximum absolute atomic E-state index is 13.3. The number of aromatic nitrogens is 3. The Labute approximate surface area is 197 Å². The average Bonchev–Trinajstić information content (AvgIpc) is 3.48. The van der Waals surface area contributed by atoms with Gasteiger partial charge < -0.3 is 19.6 Å². The number of H-pyrrole nitrogens is 1. The van der Waals surface area contributed by atoms with Gasteiger partial charge in [-0.2, -0.15) is 5.26 Å². The Morgan fingerprint density at radius 3 is 2.65 bits per heavy atom. The molecule has 0 unspecified atom stereocenters. The number of nitrogens with one attached hydrogen (secondary N) is 2. The lowest BCUT2D eigenvalue weighted by Gasteiger charge is -2.19. The van der Waals surface area contributed by atoms with Gasteiger partial charge >= 0.3 is 0 Å². The first kappa shape index (κ1) is 24.8. The van der Waals surface area contributed by atoms with Crippen molar-refractivity contribution in [3.05, 3.63) is 59.8 Å². The molecule has 0 bridgehead atoms. The largest absolute Gasteiger partial charge is 0.442 e. The fourth-order valence-corrected chi connectivity index (χ4v) is 3.56. The molecule has 0 spiro atoms. The maximum atomic E-state index is 13.3. The zero-order valence-corrected chi connectivity index (χ0v) is 19.2. The second kappa shape index (κ2) is 11.9. The summed E-state index contributed by atoms with van der Waals surface area (Å²) in [4.78, 5) is 37.6. The summed E-state index contributed by atoms with van der Waals surface area (Å²) in [5.74, 6) is -0.166. The molecule has 0 saturated carbocycles. The number of amides is 1. The molecule has 2 N–H and O–H groups in total. The molecular formula is C24H27FN6O3. The zero-order valence-electron chi connectivity index (χ0n) is 19.2. The summed E-state index contributed by atoms with van der Waals surface area (Å²) in [6, 6.07) is 7.40. The Balaban J connectivity index is 1.69. The predicted molar refractivity (Wildman–Crippen MR) is 122 cm³/mol. The van der Waals surface area contributed by atoms with Crippen molar-refractivity contribution in [2.24, 2.45) is 0 Å². The standard InChI is InChI=1S/C24H27FN6O3/c1-31(2)15-21(33)28-18(6-4-3-5-7-20(32)24-27-12-13-34-24)22-19(14-26)29-23(30-22)16-8-10-17(25)11-9-16/h8-13,18H,3-7,15H2,1-2H3,(H,28,33)(H,29,30)/t18-/m0/s1. The van der Waals surface area contributed by atoms with Crippen LogP contribution in [0.3, 0.4) is 0 Å². The van der Waals surface area contributed by atoms with Crippen molar-refractivity contribution in [2.45, 2.75) is 38.1 Å². The molecule has 34 heavy (non-hydrogen) atoms. The first-order valence-electron chi connectivity index (χ1n) is 11.0. The number of nitriles is 1. The van der Waals surface area contributed by atoms with E-state index in [2.05, 4.69) is 26.3 Å². The maximum Gasteiger partial charge on any atom is 0.263 e. The summed E-state index contributed by atoms with van der Waals surface area (Å²) in [5, 5.41) is 12.6. The van der Waals surface area contributed by atoms with E-state index < -0.39 is 6.04 Å². The van der Waals surface area contributed by atoms with Crippen molar-refractivity contribution < 1.29 is 18.4 Å². The Morgan fingerprint density at radius 2 is 2.00 bits per heavy atom. The van der Waals surface area contributed by atoms with Crippen molar-refractivity contribution in [1.82, 2.24) is 25.2 Å². The molecular weight excluding hydrogens is 439 g/mol. The first-order valence-corrected chi connectivity index (χ1v) is 11.0. The van der Waals surface area contributed by atoms with Crippen molar-refractivity contribution in [2.75, 3.05) is 20.6 Å². The van der Waals surface area contributed by atoms with E-state index >= 15 is 0 Å². The van der Waals surface area contributed by atoms with E-state index in [1.165, 1.54) is 24.6 Å². The zero-order chi connectivity index (χ0) is 24.5. The smallest absolute Gasteiger partial charge is 0.263 e. The van der Waals surface area contributed by atoms with Gasteiger partial charge in [0.2, 0.25) is 11.7 Å². The van der Waals surface area contributed by atoms with Crippen molar-refractivity contribution in [3.8, 4) is 17.5 Å². The van der Waals surface area contributed by atoms with Crippen LogP contribution in [0.2, 0.25) is 0 Å². The molecule has 0 fully saturated rings. The lowest BCUT2D eigenvalue weighted by Crippen LogP contribution is -2.36. The van der Waals surface area contributed by atoms with E-state index in [1.807, 2.05) is 0 Å². The van der Waals surface area contributed by atoms with Crippen LogP contribution in [0.5, 0.6) is 0 Å². The Bertz CT molecular complexity index is 1130. The van der Waals surface area contributed by atoms with Crippen molar-refractivity contribution >= 4 is 11.7 Å². The molecule has 178 valence electrons. The second-order valence-corrected chi connectivity index (χ2v) is 8.18. The van der Waals surface area contributed by atoms with Gasteiger partial charge in [-0.25, -0.2) is 14.4 Å². The average molecular weight is 467 g/mol. The number of oxazole rings is 1. The molecule has 1 atom stereocenters. The number of rotatable bonds is 12. The van der Waals surface area contributed by atoms with Gasteiger partial charge in [-0.15, -0.1) is 0 Å². The van der Waals surface area contributed by atoms with E-state index in [1.54, 1.807) is 31.1 Å². The summed E-state index contributed by atoms with van der Waals surface area (Å²) in [6.45, 7) is 0.196.